The standard InChI is InChI=1S/C15H16N2O2S/c1-4-11-7-14(17-10(3)16-11)20-12-6-5-9(2)13(8-12)15(18)19/h5-8H,4H2,1-3H3,(H,18,19). The number of rotatable bonds is 4. The highest BCUT2D eigenvalue weighted by molar-refractivity contribution is 7.99. The van der Waals surface area contributed by atoms with E-state index < -0.39 is 5.97 Å². The van der Waals surface area contributed by atoms with Gasteiger partial charge in [0, 0.05) is 10.6 Å². The third kappa shape index (κ3) is 3.36. The molecule has 0 spiro atoms. The van der Waals surface area contributed by atoms with Gasteiger partial charge in [-0.2, -0.15) is 0 Å². The molecule has 5 heteroatoms. The van der Waals surface area contributed by atoms with Gasteiger partial charge in [0.1, 0.15) is 10.9 Å². The van der Waals surface area contributed by atoms with Crippen LogP contribution in [-0.4, -0.2) is 21.0 Å². The fraction of sp³-hybridized carbons (Fsp3) is 0.267. The molecular weight excluding hydrogens is 272 g/mol. The molecule has 1 heterocycles. The lowest BCUT2D eigenvalue weighted by Crippen LogP contribution is -2.00. The molecule has 0 aliphatic heterocycles. The van der Waals surface area contributed by atoms with Crippen LogP contribution >= 0.6 is 11.8 Å². The summed E-state index contributed by atoms with van der Waals surface area (Å²) in [7, 11) is 0. The molecule has 4 nitrogen and oxygen atoms in total. The maximum absolute atomic E-state index is 11.1. The number of hydrogen-bond donors (Lipinski definition) is 1. The highest BCUT2D eigenvalue weighted by Crippen LogP contribution is 2.28. The Bertz CT molecular complexity index is 656. The number of carboxylic acids is 1. The number of aromatic nitrogens is 2. The summed E-state index contributed by atoms with van der Waals surface area (Å²) >= 11 is 1.46. The summed E-state index contributed by atoms with van der Waals surface area (Å²) in [6.45, 7) is 5.70. The first-order valence-electron chi connectivity index (χ1n) is 6.36. The van der Waals surface area contributed by atoms with Crippen LogP contribution in [0.4, 0.5) is 0 Å². The first-order valence-corrected chi connectivity index (χ1v) is 7.17. The van der Waals surface area contributed by atoms with Crippen LogP contribution in [0.25, 0.3) is 0 Å². The van der Waals surface area contributed by atoms with Crippen molar-refractivity contribution in [2.75, 3.05) is 0 Å². The van der Waals surface area contributed by atoms with Gasteiger partial charge in [-0.05, 0) is 44.0 Å². The Hall–Kier alpha value is -1.88. The van der Waals surface area contributed by atoms with Crippen LogP contribution in [0.2, 0.25) is 0 Å². The van der Waals surface area contributed by atoms with Crippen LogP contribution in [-0.2, 0) is 6.42 Å². The SMILES string of the molecule is CCc1cc(Sc2ccc(C)c(C(=O)O)c2)nc(C)n1. The van der Waals surface area contributed by atoms with Crippen molar-refractivity contribution in [3.05, 3.63) is 46.9 Å². The Kier molecular flexibility index (Phi) is 4.39. The van der Waals surface area contributed by atoms with E-state index >= 15 is 0 Å². The maximum Gasteiger partial charge on any atom is 0.335 e. The second kappa shape index (κ2) is 6.05. The zero-order valence-electron chi connectivity index (χ0n) is 11.7. The Labute approximate surface area is 122 Å². The number of carboxylic acid groups (broad SMARTS) is 1. The fourth-order valence-electron chi connectivity index (χ4n) is 1.85. The molecule has 0 aliphatic carbocycles. The number of aryl methyl sites for hydroxylation is 3. The maximum atomic E-state index is 11.1. The average molecular weight is 288 g/mol. The van der Waals surface area contributed by atoms with Crippen LogP contribution in [0.15, 0.2) is 34.2 Å². The number of aromatic carboxylic acids is 1. The van der Waals surface area contributed by atoms with Crippen LogP contribution < -0.4 is 0 Å². The average Bonchev–Trinajstić information content (AvgIpc) is 2.40. The Morgan fingerprint density at radius 3 is 2.65 bits per heavy atom. The molecule has 1 aromatic heterocycles. The van der Waals surface area contributed by atoms with Crippen molar-refractivity contribution in [1.82, 2.24) is 9.97 Å². The molecule has 0 bridgehead atoms. The van der Waals surface area contributed by atoms with Crippen molar-refractivity contribution >= 4 is 17.7 Å². The highest BCUT2D eigenvalue weighted by Gasteiger charge is 2.09. The van der Waals surface area contributed by atoms with E-state index in [9.17, 15) is 4.79 Å². The summed E-state index contributed by atoms with van der Waals surface area (Å²) in [4.78, 5) is 20.7. The molecule has 0 fully saturated rings. The zero-order chi connectivity index (χ0) is 14.7. The van der Waals surface area contributed by atoms with E-state index in [1.54, 1.807) is 13.0 Å². The minimum Gasteiger partial charge on any atom is -0.478 e. The quantitative estimate of drug-likeness (QED) is 0.872. The molecule has 0 amide bonds. The Morgan fingerprint density at radius 2 is 2.00 bits per heavy atom. The highest BCUT2D eigenvalue weighted by atomic mass is 32.2. The molecule has 1 aromatic carbocycles. The minimum absolute atomic E-state index is 0.330. The molecule has 2 aromatic rings. The third-order valence-corrected chi connectivity index (χ3v) is 3.80. The fourth-order valence-corrected chi connectivity index (χ4v) is 2.78. The summed E-state index contributed by atoms with van der Waals surface area (Å²) in [5.41, 5.74) is 2.08. The number of benzene rings is 1. The van der Waals surface area contributed by atoms with Crippen LogP contribution in [0, 0.1) is 13.8 Å². The number of hydrogen-bond acceptors (Lipinski definition) is 4. The van der Waals surface area contributed by atoms with Crippen molar-refractivity contribution < 1.29 is 9.90 Å². The van der Waals surface area contributed by atoms with E-state index in [2.05, 4.69) is 9.97 Å². The molecular formula is C15H16N2O2S. The van der Waals surface area contributed by atoms with E-state index in [1.165, 1.54) is 11.8 Å². The number of carbonyl (C=O) groups is 1. The van der Waals surface area contributed by atoms with E-state index in [1.807, 2.05) is 32.0 Å². The van der Waals surface area contributed by atoms with Gasteiger partial charge in [-0.25, -0.2) is 14.8 Å². The predicted molar refractivity (Wildman–Crippen MR) is 78.4 cm³/mol. The normalized spacial score (nSPS) is 10.6. The third-order valence-electron chi connectivity index (χ3n) is 2.89. The van der Waals surface area contributed by atoms with Crippen LogP contribution in [0.3, 0.4) is 0 Å². The van der Waals surface area contributed by atoms with Gasteiger partial charge in [-0.15, -0.1) is 0 Å². The lowest BCUT2D eigenvalue weighted by atomic mass is 10.1. The zero-order valence-corrected chi connectivity index (χ0v) is 12.5. The summed E-state index contributed by atoms with van der Waals surface area (Å²) in [6.07, 6.45) is 0.852. The van der Waals surface area contributed by atoms with Gasteiger partial charge in [0.25, 0.3) is 0 Å². The Balaban J connectivity index is 2.32. The van der Waals surface area contributed by atoms with Gasteiger partial charge in [0.15, 0.2) is 0 Å². The molecule has 2 rings (SSSR count). The van der Waals surface area contributed by atoms with Crippen molar-refractivity contribution in [2.45, 2.75) is 37.1 Å². The van der Waals surface area contributed by atoms with Gasteiger partial charge < -0.3 is 5.11 Å². The molecule has 0 radical (unpaired) electrons. The van der Waals surface area contributed by atoms with Gasteiger partial charge in [0.2, 0.25) is 0 Å². The topological polar surface area (TPSA) is 63.1 Å². The first-order chi connectivity index (χ1) is 9.49. The van der Waals surface area contributed by atoms with Gasteiger partial charge >= 0.3 is 5.97 Å². The smallest absolute Gasteiger partial charge is 0.335 e. The first kappa shape index (κ1) is 14.5. The minimum atomic E-state index is -0.905. The van der Waals surface area contributed by atoms with Gasteiger partial charge in [0.05, 0.1) is 5.56 Å². The second-order valence-electron chi connectivity index (χ2n) is 4.48. The van der Waals surface area contributed by atoms with E-state index in [0.717, 1.165) is 33.4 Å². The molecule has 1 N–H and O–H groups in total. The van der Waals surface area contributed by atoms with E-state index in [4.69, 9.17) is 5.11 Å². The van der Waals surface area contributed by atoms with E-state index in [-0.39, 0.29) is 0 Å². The molecule has 0 atom stereocenters. The summed E-state index contributed by atoms with van der Waals surface area (Å²) in [5, 5.41) is 9.99. The molecule has 104 valence electrons. The van der Waals surface area contributed by atoms with Crippen molar-refractivity contribution in [3.8, 4) is 0 Å². The summed E-state index contributed by atoms with van der Waals surface area (Å²) in [6, 6.07) is 7.36. The lowest BCUT2D eigenvalue weighted by Gasteiger charge is -2.07. The molecule has 20 heavy (non-hydrogen) atoms. The second-order valence-corrected chi connectivity index (χ2v) is 5.58. The van der Waals surface area contributed by atoms with Crippen molar-refractivity contribution in [1.29, 1.82) is 0 Å². The van der Waals surface area contributed by atoms with Crippen LogP contribution in [0.1, 0.15) is 34.4 Å². The summed E-state index contributed by atoms with van der Waals surface area (Å²) in [5.74, 6) is -0.171. The van der Waals surface area contributed by atoms with E-state index in [0.29, 0.717) is 5.56 Å². The lowest BCUT2D eigenvalue weighted by molar-refractivity contribution is 0.0696. The monoisotopic (exact) mass is 288 g/mol. The molecule has 0 saturated heterocycles. The Morgan fingerprint density at radius 1 is 1.25 bits per heavy atom. The molecule has 0 unspecified atom stereocenters. The van der Waals surface area contributed by atoms with Gasteiger partial charge in [-0.3, -0.25) is 0 Å². The van der Waals surface area contributed by atoms with Gasteiger partial charge in [-0.1, -0.05) is 24.8 Å². The number of nitrogens with zero attached hydrogens (tertiary/aromatic N) is 2. The van der Waals surface area contributed by atoms with Crippen molar-refractivity contribution in [3.63, 3.8) is 0 Å². The molecule has 0 aliphatic rings. The predicted octanol–water partition coefficient (Wildman–Crippen LogP) is 3.51. The largest absolute Gasteiger partial charge is 0.478 e. The van der Waals surface area contributed by atoms with Crippen LogP contribution in [0.5, 0.6) is 0 Å². The summed E-state index contributed by atoms with van der Waals surface area (Å²) < 4.78 is 0. The molecule has 0 saturated carbocycles. The van der Waals surface area contributed by atoms with Crippen molar-refractivity contribution in [2.24, 2.45) is 0 Å².